The van der Waals surface area contributed by atoms with Gasteiger partial charge >= 0.3 is 5.97 Å². The molecule has 0 saturated heterocycles. The molecule has 0 aliphatic heterocycles. The van der Waals surface area contributed by atoms with Gasteiger partial charge in [-0.3, -0.25) is 0 Å². The summed E-state index contributed by atoms with van der Waals surface area (Å²) in [5.41, 5.74) is 1.92. The summed E-state index contributed by atoms with van der Waals surface area (Å²) in [6.07, 6.45) is 0. The molecule has 0 amide bonds. The third-order valence-electron chi connectivity index (χ3n) is 2.79. The molecule has 0 radical (unpaired) electrons. The van der Waals surface area contributed by atoms with Crippen LogP contribution in [0.4, 0.5) is 10.1 Å². The Morgan fingerprint density at radius 2 is 2.05 bits per heavy atom. The number of aryl methyl sites for hydroxylation is 1. The summed E-state index contributed by atoms with van der Waals surface area (Å²) < 4.78 is 13.3. The van der Waals surface area contributed by atoms with Crippen molar-refractivity contribution in [2.75, 3.05) is 5.32 Å². The summed E-state index contributed by atoms with van der Waals surface area (Å²) in [7, 11) is 0. The number of benzene rings is 2. The smallest absolute Gasteiger partial charge is 0.330 e. The van der Waals surface area contributed by atoms with Gasteiger partial charge in [-0.15, -0.1) is 0 Å². The molecule has 104 valence electrons. The Kier molecular flexibility index (Phi) is 4.25. The van der Waals surface area contributed by atoms with Gasteiger partial charge in [0, 0.05) is 10.7 Å². The quantitative estimate of drug-likeness (QED) is 0.895. The molecular formula is C15H13ClFNO2. The molecule has 2 aromatic rings. The van der Waals surface area contributed by atoms with Crippen LogP contribution in [0.2, 0.25) is 5.02 Å². The van der Waals surface area contributed by atoms with Crippen LogP contribution >= 0.6 is 11.6 Å². The van der Waals surface area contributed by atoms with Crippen LogP contribution in [-0.2, 0) is 4.79 Å². The summed E-state index contributed by atoms with van der Waals surface area (Å²) in [5, 5.41) is 12.3. The van der Waals surface area contributed by atoms with Crippen LogP contribution < -0.4 is 5.32 Å². The minimum Gasteiger partial charge on any atom is -0.479 e. The molecule has 0 bridgehead atoms. The van der Waals surface area contributed by atoms with Crippen molar-refractivity contribution in [3.63, 3.8) is 0 Å². The molecule has 5 heteroatoms. The minimum absolute atomic E-state index is 0.164. The predicted molar refractivity (Wildman–Crippen MR) is 76.6 cm³/mol. The van der Waals surface area contributed by atoms with E-state index in [-0.39, 0.29) is 10.6 Å². The molecule has 0 aliphatic carbocycles. The van der Waals surface area contributed by atoms with E-state index < -0.39 is 17.8 Å². The second-order valence-electron chi connectivity index (χ2n) is 4.49. The van der Waals surface area contributed by atoms with Gasteiger partial charge in [0.2, 0.25) is 0 Å². The van der Waals surface area contributed by atoms with Crippen LogP contribution in [0.25, 0.3) is 0 Å². The summed E-state index contributed by atoms with van der Waals surface area (Å²) in [5.74, 6) is -1.67. The van der Waals surface area contributed by atoms with Crippen molar-refractivity contribution in [3.8, 4) is 0 Å². The Bertz CT molecular complexity index is 625. The van der Waals surface area contributed by atoms with E-state index in [0.717, 1.165) is 17.7 Å². The fourth-order valence-electron chi connectivity index (χ4n) is 1.93. The standard InChI is InChI=1S/C15H13ClFNO2/c1-9-3-2-4-13(5-9)18-14(15(19)20)10-6-11(16)8-12(17)7-10/h2-8,14,18H,1H3,(H,19,20). The lowest BCUT2D eigenvalue weighted by molar-refractivity contribution is -0.138. The van der Waals surface area contributed by atoms with Gasteiger partial charge < -0.3 is 10.4 Å². The van der Waals surface area contributed by atoms with Crippen LogP contribution in [0, 0.1) is 12.7 Å². The third kappa shape index (κ3) is 3.48. The second-order valence-corrected chi connectivity index (χ2v) is 4.92. The molecule has 3 nitrogen and oxygen atoms in total. The van der Waals surface area contributed by atoms with Gasteiger partial charge in [0.15, 0.2) is 6.04 Å². The van der Waals surface area contributed by atoms with E-state index in [9.17, 15) is 14.3 Å². The van der Waals surface area contributed by atoms with Crippen LogP contribution in [0.5, 0.6) is 0 Å². The molecule has 2 N–H and O–H groups in total. The number of carbonyl (C=O) groups is 1. The highest BCUT2D eigenvalue weighted by molar-refractivity contribution is 6.30. The number of halogens is 2. The van der Waals surface area contributed by atoms with Gasteiger partial charge in [0.05, 0.1) is 0 Å². The van der Waals surface area contributed by atoms with Crippen LogP contribution in [-0.4, -0.2) is 11.1 Å². The van der Waals surface area contributed by atoms with Crippen LogP contribution in [0.15, 0.2) is 42.5 Å². The monoisotopic (exact) mass is 293 g/mol. The number of aliphatic carboxylic acids is 1. The van der Waals surface area contributed by atoms with E-state index >= 15 is 0 Å². The number of hydrogen-bond donors (Lipinski definition) is 2. The van der Waals surface area contributed by atoms with Gasteiger partial charge in [0.25, 0.3) is 0 Å². The number of rotatable bonds is 4. The average molecular weight is 294 g/mol. The first-order valence-corrected chi connectivity index (χ1v) is 6.35. The molecule has 20 heavy (non-hydrogen) atoms. The number of nitrogens with one attached hydrogen (secondary N) is 1. The lowest BCUT2D eigenvalue weighted by Crippen LogP contribution is -2.20. The molecule has 2 rings (SSSR count). The molecule has 0 aromatic heterocycles. The number of hydrogen-bond acceptors (Lipinski definition) is 2. The van der Waals surface area contributed by atoms with E-state index in [1.807, 2.05) is 25.1 Å². The average Bonchev–Trinajstić information content (AvgIpc) is 2.34. The van der Waals surface area contributed by atoms with E-state index in [1.165, 1.54) is 6.07 Å². The zero-order valence-electron chi connectivity index (χ0n) is 10.7. The Balaban J connectivity index is 2.34. The first-order valence-electron chi connectivity index (χ1n) is 5.98. The number of carboxylic acids is 1. The molecular weight excluding hydrogens is 281 g/mol. The number of anilines is 1. The predicted octanol–water partition coefficient (Wildman–Crippen LogP) is 4.03. The fourth-order valence-corrected chi connectivity index (χ4v) is 2.16. The van der Waals surface area contributed by atoms with Crippen molar-refractivity contribution in [1.82, 2.24) is 0 Å². The van der Waals surface area contributed by atoms with Crippen molar-refractivity contribution in [2.24, 2.45) is 0 Å². The Morgan fingerprint density at radius 1 is 1.30 bits per heavy atom. The van der Waals surface area contributed by atoms with Crippen molar-refractivity contribution >= 4 is 23.3 Å². The van der Waals surface area contributed by atoms with E-state index in [4.69, 9.17) is 11.6 Å². The van der Waals surface area contributed by atoms with Crippen molar-refractivity contribution in [1.29, 1.82) is 0 Å². The highest BCUT2D eigenvalue weighted by Gasteiger charge is 2.20. The highest BCUT2D eigenvalue weighted by atomic mass is 35.5. The van der Waals surface area contributed by atoms with Gasteiger partial charge in [-0.2, -0.15) is 0 Å². The molecule has 0 saturated carbocycles. The van der Waals surface area contributed by atoms with Crippen LogP contribution in [0.3, 0.4) is 0 Å². The van der Waals surface area contributed by atoms with Gasteiger partial charge in [-0.05, 0) is 48.4 Å². The van der Waals surface area contributed by atoms with Crippen molar-refractivity contribution in [3.05, 3.63) is 64.4 Å². The first-order chi connectivity index (χ1) is 9.45. The maximum atomic E-state index is 13.3. The summed E-state index contributed by atoms with van der Waals surface area (Å²) in [4.78, 5) is 11.4. The summed E-state index contributed by atoms with van der Waals surface area (Å²) >= 11 is 5.77. The third-order valence-corrected chi connectivity index (χ3v) is 3.01. The summed E-state index contributed by atoms with van der Waals surface area (Å²) in [6.45, 7) is 1.90. The zero-order valence-corrected chi connectivity index (χ0v) is 11.5. The molecule has 0 spiro atoms. The second kappa shape index (κ2) is 5.92. The Labute approximate surface area is 121 Å². The molecule has 0 aliphatic rings. The molecule has 1 atom stereocenters. The maximum Gasteiger partial charge on any atom is 0.330 e. The lowest BCUT2D eigenvalue weighted by Gasteiger charge is -2.17. The maximum absolute atomic E-state index is 13.3. The molecule has 0 heterocycles. The first kappa shape index (κ1) is 14.3. The van der Waals surface area contributed by atoms with E-state index in [1.54, 1.807) is 6.07 Å². The van der Waals surface area contributed by atoms with Crippen molar-refractivity contribution < 1.29 is 14.3 Å². The summed E-state index contributed by atoms with van der Waals surface area (Å²) in [6, 6.07) is 9.96. The zero-order chi connectivity index (χ0) is 14.7. The minimum atomic E-state index is -1.10. The Hall–Kier alpha value is -2.07. The van der Waals surface area contributed by atoms with E-state index in [0.29, 0.717) is 5.69 Å². The normalized spacial score (nSPS) is 11.9. The highest BCUT2D eigenvalue weighted by Crippen LogP contribution is 2.24. The van der Waals surface area contributed by atoms with Gasteiger partial charge in [0.1, 0.15) is 5.82 Å². The lowest BCUT2D eigenvalue weighted by atomic mass is 10.1. The van der Waals surface area contributed by atoms with Gasteiger partial charge in [-0.1, -0.05) is 23.7 Å². The van der Waals surface area contributed by atoms with E-state index in [2.05, 4.69) is 5.32 Å². The number of carboxylic acid groups (broad SMARTS) is 1. The van der Waals surface area contributed by atoms with Crippen LogP contribution in [0.1, 0.15) is 17.2 Å². The largest absolute Gasteiger partial charge is 0.479 e. The molecule has 0 fully saturated rings. The Morgan fingerprint density at radius 3 is 2.65 bits per heavy atom. The molecule has 1 unspecified atom stereocenters. The fraction of sp³-hybridized carbons (Fsp3) is 0.133. The SMILES string of the molecule is Cc1cccc(NC(C(=O)O)c2cc(F)cc(Cl)c2)c1. The van der Waals surface area contributed by atoms with Crippen molar-refractivity contribution in [2.45, 2.75) is 13.0 Å². The topological polar surface area (TPSA) is 49.3 Å². The van der Waals surface area contributed by atoms with Gasteiger partial charge in [-0.25, -0.2) is 9.18 Å². The molecule has 2 aromatic carbocycles.